The van der Waals surface area contributed by atoms with E-state index < -0.39 is 35.7 Å². The molecule has 13 heteroatoms. The summed E-state index contributed by atoms with van der Waals surface area (Å²) in [4.78, 5) is 32.6. The van der Waals surface area contributed by atoms with Crippen LogP contribution in [0.5, 0.6) is 0 Å². The Morgan fingerprint density at radius 3 is 2.60 bits per heavy atom. The fourth-order valence-electron chi connectivity index (χ4n) is 2.82. The Balaban J connectivity index is 1.82. The molecule has 4 aromatic heterocycles. The second-order valence-corrected chi connectivity index (χ2v) is 6.95. The standard InChI is InChI=1S/C17H9BrF4N6O2/c18-10-6-24-28-14-9(2-3-11(25-14)17(20,21)22)16(30)27(15(10)28)7-13(29)26-12-4-1-8(19)5-23-12/h1-6H,7H2,(H,23,26,29). The molecule has 0 spiro atoms. The maximum absolute atomic E-state index is 13.0. The lowest BCUT2D eigenvalue weighted by Gasteiger charge is -2.12. The van der Waals surface area contributed by atoms with Crippen molar-refractivity contribution in [2.45, 2.75) is 12.7 Å². The highest BCUT2D eigenvalue weighted by molar-refractivity contribution is 9.10. The van der Waals surface area contributed by atoms with Gasteiger partial charge in [0.05, 0.1) is 22.3 Å². The Kier molecular flexibility index (Phi) is 4.76. The number of hydrogen-bond acceptors (Lipinski definition) is 5. The van der Waals surface area contributed by atoms with Crippen LogP contribution in [-0.2, 0) is 17.5 Å². The number of pyridine rings is 2. The van der Waals surface area contributed by atoms with Crippen LogP contribution in [0, 0.1) is 5.82 Å². The molecule has 0 saturated heterocycles. The number of amides is 1. The van der Waals surface area contributed by atoms with Gasteiger partial charge in [-0.1, -0.05) is 0 Å². The summed E-state index contributed by atoms with van der Waals surface area (Å²) in [5.41, 5.74) is -2.17. The van der Waals surface area contributed by atoms with Crippen molar-refractivity contribution in [3.63, 3.8) is 0 Å². The van der Waals surface area contributed by atoms with E-state index >= 15 is 0 Å². The molecule has 4 rings (SSSR count). The topological polar surface area (TPSA) is 94.2 Å². The van der Waals surface area contributed by atoms with E-state index in [0.29, 0.717) is 6.07 Å². The first-order valence-corrected chi connectivity index (χ1v) is 9.00. The Morgan fingerprint density at radius 2 is 1.93 bits per heavy atom. The molecular formula is C17H9BrF4N6O2. The predicted molar refractivity (Wildman–Crippen MR) is 100 cm³/mol. The maximum atomic E-state index is 13.0. The van der Waals surface area contributed by atoms with Gasteiger partial charge in [0, 0.05) is 0 Å². The molecule has 0 radical (unpaired) electrons. The van der Waals surface area contributed by atoms with Crippen molar-refractivity contribution < 1.29 is 22.4 Å². The van der Waals surface area contributed by atoms with Gasteiger partial charge in [0.25, 0.3) is 5.56 Å². The molecule has 0 fully saturated rings. The minimum absolute atomic E-state index is 0.0431. The van der Waals surface area contributed by atoms with E-state index in [-0.39, 0.29) is 27.0 Å². The molecule has 1 N–H and O–H groups in total. The van der Waals surface area contributed by atoms with E-state index in [9.17, 15) is 27.2 Å². The monoisotopic (exact) mass is 484 g/mol. The van der Waals surface area contributed by atoms with Gasteiger partial charge in [0.1, 0.15) is 23.9 Å². The first-order valence-electron chi connectivity index (χ1n) is 8.20. The van der Waals surface area contributed by atoms with Gasteiger partial charge in [0.15, 0.2) is 11.3 Å². The highest BCUT2D eigenvalue weighted by atomic mass is 79.9. The molecule has 0 aliphatic carbocycles. The molecule has 4 aromatic rings. The molecule has 0 aromatic carbocycles. The molecule has 0 bridgehead atoms. The van der Waals surface area contributed by atoms with Gasteiger partial charge < -0.3 is 5.32 Å². The largest absolute Gasteiger partial charge is 0.433 e. The number of halogens is 5. The lowest BCUT2D eigenvalue weighted by Crippen LogP contribution is -2.30. The van der Waals surface area contributed by atoms with Crippen molar-refractivity contribution in [2.24, 2.45) is 0 Å². The van der Waals surface area contributed by atoms with Gasteiger partial charge in [-0.15, -0.1) is 0 Å². The molecule has 0 aliphatic heterocycles. The molecule has 0 unspecified atom stereocenters. The van der Waals surface area contributed by atoms with E-state index in [4.69, 9.17) is 0 Å². The van der Waals surface area contributed by atoms with Crippen molar-refractivity contribution in [1.82, 2.24) is 24.1 Å². The van der Waals surface area contributed by atoms with Crippen LogP contribution in [0.25, 0.3) is 16.7 Å². The number of anilines is 1. The number of nitrogens with zero attached hydrogens (tertiary/aromatic N) is 5. The number of nitrogens with one attached hydrogen (secondary N) is 1. The zero-order valence-electron chi connectivity index (χ0n) is 14.6. The van der Waals surface area contributed by atoms with E-state index in [1.165, 1.54) is 12.3 Å². The lowest BCUT2D eigenvalue weighted by molar-refractivity contribution is -0.141. The minimum Gasteiger partial charge on any atom is -0.309 e. The van der Waals surface area contributed by atoms with Gasteiger partial charge in [-0.25, -0.2) is 14.4 Å². The first-order chi connectivity index (χ1) is 14.1. The third-order valence-electron chi connectivity index (χ3n) is 4.09. The summed E-state index contributed by atoms with van der Waals surface area (Å²) in [5, 5.41) is 6.23. The maximum Gasteiger partial charge on any atom is 0.433 e. The van der Waals surface area contributed by atoms with Gasteiger partial charge in [-0.05, 0) is 40.2 Å². The number of hydrogen-bond donors (Lipinski definition) is 1. The number of carbonyl (C=O) groups excluding carboxylic acids is 1. The van der Waals surface area contributed by atoms with E-state index in [0.717, 1.165) is 27.4 Å². The molecular weight excluding hydrogens is 476 g/mol. The molecule has 0 aliphatic rings. The second-order valence-electron chi connectivity index (χ2n) is 6.09. The van der Waals surface area contributed by atoms with Gasteiger partial charge >= 0.3 is 6.18 Å². The first kappa shape index (κ1) is 19.9. The van der Waals surface area contributed by atoms with E-state index in [2.05, 4.69) is 36.3 Å². The quantitative estimate of drug-likeness (QED) is 0.451. The summed E-state index contributed by atoms with van der Waals surface area (Å²) in [5.74, 6) is -1.19. The third-order valence-corrected chi connectivity index (χ3v) is 4.65. The average molecular weight is 485 g/mol. The number of rotatable bonds is 3. The molecule has 30 heavy (non-hydrogen) atoms. The SMILES string of the molecule is O=C(Cn1c(=O)c2ccc(C(F)(F)F)nc2n2ncc(Br)c12)Nc1ccc(F)cn1. The van der Waals surface area contributed by atoms with Gasteiger partial charge in [-0.3, -0.25) is 14.2 Å². The van der Waals surface area contributed by atoms with E-state index in [1.807, 2.05) is 0 Å². The fraction of sp³-hybridized carbons (Fsp3) is 0.118. The zero-order chi connectivity index (χ0) is 21.6. The summed E-state index contributed by atoms with van der Waals surface area (Å²) in [6, 6.07) is 4.00. The Morgan fingerprint density at radius 1 is 1.17 bits per heavy atom. The molecule has 4 heterocycles. The molecule has 0 saturated carbocycles. The van der Waals surface area contributed by atoms with Gasteiger partial charge in [0.2, 0.25) is 5.91 Å². The Bertz CT molecular complexity index is 1350. The van der Waals surface area contributed by atoms with Crippen molar-refractivity contribution in [1.29, 1.82) is 0 Å². The number of fused-ring (bicyclic) bond motifs is 3. The highest BCUT2D eigenvalue weighted by Gasteiger charge is 2.33. The lowest BCUT2D eigenvalue weighted by atomic mass is 10.2. The van der Waals surface area contributed by atoms with Crippen LogP contribution in [-0.4, -0.2) is 30.1 Å². The Labute approximate surface area is 172 Å². The van der Waals surface area contributed by atoms with Crippen LogP contribution >= 0.6 is 15.9 Å². The van der Waals surface area contributed by atoms with Crippen LogP contribution in [0.3, 0.4) is 0 Å². The zero-order valence-corrected chi connectivity index (χ0v) is 16.2. The smallest absolute Gasteiger partial charge is 0.309 e. The van der Waals surface area contributed by atoms with Crippen LogP contribution in [0.1, 0.15) is 5.69 Å². The third kappa shape index (κ3) is 3.51. The van der Waals surface area contributed by atoms with Crippen LogP contribution in [0.4, 0.5) is 23.4 Å². The van der Waals surface area contributed by atoms with Crippen LogP contribution in [0.15, 0.2) is 45.9 Å². The Hall–Kier alpha value is -3.35. The summed E-state index contributed by atoms with van der Waals surface area (Å²) in [6.07, 6.45) is -2.53. The van der Waals surface area contributed by atoms with Crippen LogP contribution in [0.2, 0.25) is 0 Å². The molecule has 0 atom stereocenters. The molecule has 1 amide bonds. The number of alkyl halides is 3. The average Bonchev–Trinajstić information content (AvgIpc) is 3.07. The van der Waals surface area contributed by atoms with Crippen molar-refractivity contribution in [3.05, 3.63) is 63.0 Å². The van der Waals surface area contributed by atoms with Gasteiger partial charge in [-0.2, -0.15) is 22.8 Å². The predicted octanol–water partition coefficient (Wildman–Crippen LogP) is 3.00. The summed E-state index contributed by atoms with van der Waals surface area (Å²) < 4.78 is 54.4. The summed E-state index contributed by atoms with van der Waals surface area (Å²) in [6.45, 7) is -0.497. The molecule has 154 valence electrons. The second kappa shape index (κ2) is 7.16. The van der Waals surface area contributed by atoms with Crippen molar-refractivity contribution in [2.75, 3.05) is 5.32 Å². The van der Waals surface area contributed by atoms with Crippen molar-refractivity contribution >= 4 is 44.3 Å². The summed E-state index contributed by atoms with van der Waals surface area (Å²) >= 11 is 3.18. The van der Waals surface area contributed by atoms with E-state index in [1.54, 1.807) is 0 Å². The minimum atomic E-state index is -4.71. The molecule has 8 nitrogen and oxygen atoms in total. The fourth-order valence-corrected chi connectivity index (χ4v) is 3.29. The van der Waals surface area contributed by atoms with Crippen molar-refractivity contribution in [3.8, 4) is 0 Å². The number of aromatic nitrogens is 5. The number of carbonyl (C=O) groups is 1. The van der Waals surface area contributed by atoms with Crippen LogP contribution < -0.4 is 10.9 Å². The summed E-state index contributed by atoms with van der Waals surface area (Å²) in [7, 11) is 0. The normalized spacial score (nSPS) is 11.9. The highest BCUT2D eigenvalue weighted by Crippen LogP contribution is 2.29.